The first-order chi connectivity index (χ1) is 8.47. The number of fused-ring (bicyclic) bond motifs is 1. The summed E-state index contributed by atoms with van der Waals surface area (Å²) >= 11 is 0. The van der Waals surface area contributed by atoms with Crippen molar-refractivity contribution in [3.63, 3.8) is 0 Å². The third-order valence-electron chi connectivity index (χ3n) is 5.70. The zero-order chi connectivity index (χ0) is 13.5. The van der Waals surface area contributed by atoms with Gasteiger partial charge < -0.3 is 10.8 Å². The SMILES string of the molecule is C#CC1[C@H]2[C@@H](C)[C@@](CN)(CC(=O)O)[C@H]2CC[C@H]1C. The van der Waals surface area contributed by atoms with Crippen molar-refractivity contribution in [3.05, 3.63) is 0 Å². The highest BCUT2D eigenvalue weighted by atomic mass is 16.4. The number of carboxylic acids is 1. The van der Waals surface area contributed by atoms with Gasteiger partial charge in [0.2, 0.25) is 0 Å². The molecule has 3 N–H and O–H groups in total. The van der Waals surface area contributed by atoms with Gasteiger partial charge in [0.1, 0.15) is 0 Å². The van der Waals surface area contributed by atoms with Crippen LogP contribution in [0.25, 0.3) is 0 Å². The molecule has 18 heavy (non-hydrogen) atoms. The van der Waals surface area contributed by atoms with Gasteiger partial charge in [0.15, 0.2) is 0 Å². The van der Waals surface area contributed by atoms with E-state index in [1.165, 1.54) is 0 Å². The molecule has 0 saturated heterocycles. The monoisotopic (exact) mass is 249 g/mol. The van der Waals surface area contributed by atoms with Crippen molar-refractivity contribution < 1.29 is 9.90 Å². The molecule has 0 bridgehead atoms. The molecule has 1 unspecified atom stereocenters. The highest BCUT2D eigenvalue weighted by Crippen LogP contribution is 2.65. The fourth-order valence-corrected chi connectivity index (χ4v) is 4.64. The molecule has 2 aliphatic carbocycles. The Morgan fingerprint density at radius 3 is 2.67 bits per heavy atom. The van der Waals surface area contributed by atoms with Crippen molar-refractivity contribution >= 4 is 5.97 Å². The lowest BCUT2D eigenvalue weighted by atomic mass is 9.39. The van der Waals surface area contributed by atoms with E-state index < -0.39 is 5.97 Å². The fourth-order valence-electron chi connectivity index (χ4n) is 4.64. The molecule has 0 spiro atoms. The second kappa shape index (κ2) is 4.59. The van der Waals surface area contributed by atoms with Gasteiger partial charge in [-0.25, -0.2) is 0 Å². The lowest BCUT2D eigenvalue weighted by Gasteiger charge is -2.64. The average molecular weight is 249 g/mol. The fraction of sp³-hybridized carbons (Fsp3) is 0.800. The molecule has 0 aromatic carbocycles. The van der Waals surface area contributed by atoms with Crippen LogP contribution in [0.15, 0.2) is 0 Å². The zero-order valence-electron chi connectivity index (χ0n) is 11.2. The largest absolute Gasteiger partial charge is 0.481 e. The number of nitrogens with two attached hydrogens (primary N) is 1. The number of hydrogen-bond donors (Lipinski definition) is 2. The first-order valence-corrected chi connectivity index (χ1v) is 6.86. The van der Waals surface area contributed by atoms with E-state index in [1.54, 1.807) is 0 Å². The Bertz CT molecular complexity index is 386. The molecule has 0 heterocycles. The van der Waals surface area contributed by atoms with Crippen molar-refractivity contribution in [1.29, 1.82) is 0 Å². The second-order valence-electron chi connectivity index (χ2n) is 6.23. The molecule has 2 aliphatic rings. The van der Waals surface area contributed by atoms with E-state index in [2.05, 4.69) is 19.8 Å². The average Bonchev–Trinajstić information content (AvgIpc) is 2.34. The van der Waals surface area contributed by atoms with Crippen molar-refractivity contribution in [2.24, 2.45) is 40.7 Å². The van der Waals surface area contributed by atoms with Crippen molar-refractivity contribution in [2.45, 2.75) is 33.1 Å². The Labute approximate surface area is 109 Å². The van der Waals surface area contributed by atoms with Crippen LogP contribution in [0.3, 0.4) is 0 Å². The first kappa shape index (κ1) is 13.4. The molecule has 0 aromatic rings. The standard InChI is InChI=1S/C15H23NO2/c1-4-11-9(2)5-6-12-14(11)10(3)15(12,8-16)7-13(17)18/h1,9-12,14H,5-8,16H2,2-3H3,(H,17,18)/t9-,10-,11?,12+,14-,15+/m1/s1. The summed E-state index contributed by atoms with van der Waals surface area (Å²) in [6, 6.07) is 0. The van der Waals surface area contributed by atoms with E-state index in [9.17, 15) is 4.79 Å². The molecular weight excluding hydrogens is 226 g/mol. The van der Waals surface area contributed by atoms with Gasteiger partial charge in [-0.05, 0) is 48.5 Å². The zero-order valence-corrected chi connectivity index (χ0v) is 11.2. The number of hydrogen-bond acceptors (Lipinski definition) is 2. The van der Waals surface area contributed by atoms with E-state index in [0.29, 0.717) is 36.1 Å². The summed E-state index contributed by atoms with van der Waals surface area (Å²) in [7, 11) is 0. The predicted octanol–water partition coefficient (Wildman–Crippen LogP) is 1.97. The van der Waals surface area contributed by atoms with Crippen LogP contribution >= 0.6 is 0 Å². The van der Waals surface area contributed by atoms with E-state index in [0.717, 1.165) is 12.8 Å². The summed E-state index contributed by atoms with van der Waals surface area (Å²) in [6.07, 6.45) is 8.05. The molecule has 6 atom stereocenters. The molecular formula is C15H23NO2. The summed E-state index contributed by atoms with van der Waals surface area (Å²) in [5.41, 5.74) is 5.70. The second-order valence-corrected chi connectivity index (χ2v) is 6.23. The lowest BCUT2D eigenvalue weighted by Crippen LogP contribution is -2.64. The maximum atomic E-state index is 11.1. The lowest BCUT2D eigenvalue weighted by molar-refractivity contribution is -0.176. The summed E-state index contributed by atoms with van der Waals surface area (Å²) in [5, 5.41) is 9.13. The molecule has 0 aliphatic heterocycles. The third-order valence-corrected chi connectivity index (χ3v) is 5.70. The molecule has 0 amide bonds. The van der Waals surface area contributed by atoms with E-state index in [1.807, 2.05) is 0 Å². The van der Waals surface area contributed by atoms with Crippen molar-refractivity contribution in [3.8, 4) is 12.3 Å². The quantitative estimate of drug-likeness (QED) is 0.752. The summed E-state index contributed by atoms with van der Waals surface area (Å²) in [6.45, 7) is 4.82. The number of terminal acetylenes is 1. The maximum Gasteiger partial charge on any atom is 0.303 e. The Balaban J connectivity index is 2.24. The molecule has 3 nitrogen and oxygen atoms in total. The van der Waals surface area contributed by atoms with Crippen LogP contribution in [0.2, 0.25) is 0 Å². The Hall–Kier alpha value is -1.01. The third kappa shape index (κ3) is 1.66. The predicted molar refractivity (Wildman–Crippen MR) is 70.6 cm³/mol. The molecule has 2 saturated carbocycles. The summed E-state index contributed by atoms with van der Waals surface area (Å²) in [5.74, 6) is 4.27. The van der Waals surface area contributed by atoms with E-state index in [-0.39, 0.29) is 11.8 Å². The van der Waals surface area contributed by atoms with Crippen molar-refractivity contribution in [1.82, 2.24) is 0 Å². The van der Waals surface area contributed by atoms with Gasteiger partial charge in [0, 0.05) is 5.92 Å². The highest BCUT2D eigenvalue weighted by Gasteiger charge is 2.62. The number of rotatable bonds is 3. The minimum atomic E-state index is -0.735. The Kier molecular flexibility index (Phi) is 3.42. The van der Waals surface area contributed by atoms with Gasteiger partial charge in [0.25, 0.3) is 0 Å². The Morgan fingerprint density at radius 2 is 2.17 bits per heavy atom. The van der Waals surface area contributed by atoms with Crippen LogP contribution in [0, 0.1) is 47.3 Å². The van der Waals surface area contributed by atoms with E-state index >= 15 is 0 Å². The summed E-state index contributed by atoms with van der Waals surface area (Å²) in [4.78, 5) is 11.1. The topological polar surface area (TPSA) is 63.3 Å². The van der Waals surface area contributed by atoms with Crippen LogP contribution < -0.4 is 5.73 Å². The van der Waals surface area contributed by atoms with Crippen LogP contribution in [0.1, 0.15) is 33.1 Å². The van der Waals surface area contributed by atoms with Crippen LogP contribution in [-0.4, -0.2) is 17.6 Å². The molecule has 3 heteroatoms. The van der Waals surface area contributed by atoms with E-state index in [4.69, 9.17) is 17.3 Å². The first-order valence-electron chi connectivity index (χ1n) is 6.86. The van der Waals surface area contributed by atoms with Gasteiger partial charge in [-0.15, -0.1) is 12.3 Å². The van der Waals surface area contributed by atoms with Crippen LogP contribution in [0.5, 0.6) is 0 Å². The molecule has 0 radical (unpaired) electrons. The molecule has 2 fully saturated rings. The maximum absolute atomic E-state index is 11.1. The Morgan fingerprint density at radius 1 is 1.50 bits per heavy atom. The summed E-state index contributed by atoms with van der Waals surface area (Å²) < 4.78 is 0. The normalized spacial score (nSPS) is 46.7. The molecule has 0 aromatic heterocycles. The van der Waals surface area contributed by atoms with Gasteiger partial charge >= 0.3 is 5.97 Å². The van der Waals surface area contributed by atoms with Gasteiger partial charge in [-0.3, -0.25) is 4.79 Å². The number of aliphatic carboxylic acids is 1. The minimum Gasteiger partial charge on any atom is -0.481 e. The molecule has 100 valence electrons. The van der Waals surface area contributed by atoms with Gasteiger partial charge in [-0.1, -0.05) is 13.8 Å². The van der Waals surface area contributed by atoms with Gasteiger partial charge in [0.05, 0.1) is 6.42 Å². The molecule has 2 rings (SSSR count). The van der Waals surface area contributed by atoms with Crippen LogP contribution in [-0.2, 0) is 4.79 Å². The smallest absolute Gasteiger partial charge is 0.303 e. The number of carbonyl (C=O) groups is 1. The van der Waals surface area contributed by atoms with Crippen molar-refractivity contribution in [2.75, 3.05) is 6.54 Å². The number of carboxylic acid groups (broad SMARTS) is 1. The minimum absolute atomic E-state index is 0.192. The van der Waals surface area contributed by atoms with Gasteiger partial charge in [-0.2, -0.15) is 0 Å². The highest BCUT2D eigenvalue weighted by molar-refractivity contribution is 5.68. The van der Waals surface area contributed by atoms with Crippen LogP contribution in [0.4, 0.5) is 0 Å².